The molecular weight excluding hydrogens is 454 g/mol. The molecule has 0 saturated carbocycles. The monoisotopic (exact) mass is 475 g/mol. The third-order valence-corrected chi connectivity index (χ3v) is 7.09. The second-order valence-electron chi connectivity index (χ2n) is 7.65. The van der Waals surface area contributed by atoms with Crippen LogP contribution in [0, 0.1) is 6.92 Å². The molecule has 2 aromatic heterocycles. The van der Waals surface area contributed by atoms with Crippen LogP contribution in [0.5, 0.6) is 11.5 Å². The highest BCUT2D eigenvalue weighted by Crippen LogP contribution is 2.32. The Morgan fingerprint density at radius 1 is 0.912 bits per heavy atom. The number of fused-ring (bicyclic) bond motifs is 3. The Morgan fingerprint density at radius 2 is 1.59 bits per heavy atom. The summed E-state index contributed by atoms with van der Waals surface area (Å²) in [4.78, 5) is 4.77. The van der Waals surface area contributed by atoms with Crippen LogP contribution >= 0.6 is 0 Å². The van der Waals surface area contributed by atoms with Gasteiger partial charge in [0.05, 0.1) is 24.6 Å². The van der Waals surface area contributed by atoms with Crippen LogP contribution in [0.1, 0.15) is 5.56 Å². The van der Waals surface area contributed by atoms with Crippen molar-refractivity contribution in [3.05, 3.63) is 72.3 Å². The lowest BCUT2D eigenvalue weighted by Crippen LogP contribution is -2.06. The molecule has 9 nitrogen and oxygen atoms in total. The first kappa shape index (κ1) is 21.7. The maximum absolute atomic E-state index is 13.4. The van der Waals surface area contributed by atoms with Gasteiger partial charge >= 0.3 is 0 Å². The fraction of sp³-hybridized carbons (Fsp3) is 0.125. The average molecular weight is 476 g/mol. The Kier molecular flexibility index (Phi) is 5.29. The number of ether oxygens (including phenoxy) is 2. The molecule has 0 unspecified atom stereocenters. The quantitative estimate of drug-likeness (QED) is 0.390. The van der Waals surface area contributed by atoms with Gasteiger partial charge < -0.3 is 14.8 Å². The zero-order valence-corrected chi connectivity index (χ0v) is 19.5. The SMILES string of the molecule is COc1cc(Nc2nc3c(S(=O)(=O)c4ccc(C)cc4)nnn3c3ccccc23)cc(OC)c1. The van der Waals surface area contributed by atoms with Crippen LogP contribution < -0.4 is 14.8 Å². The minimum atomic E-state index is -3.94. The number of aryl methyl sites for hydroxylation is 1. The van der Waals surface area contributed by atoms with Gasteiger partial charge in [0, 0.05) is 29.3 Å². The molecule has 172 valence electrons. The number of nitrogens with zero attached hydrogens (tertiary/aromatic N) is 4. The molecule has 5 rings (SSSR count). The smallest absolute Gasteiger partial charge is 0.229 e. The van der Waals surface area contributed by atoms with Crippen molar-refractivity contribution in [3.63, 3.8) is 0 Å². The molecule has 0 amide bonds. The summed E-state index contributed by atoms with van der Waals surface area (Å²) in [5.41, 5.74) is 2.39. The lowest BCUT2D eigenvalue weighted by molar-refractivity contribution is 0.395. The Morgan fingerprint density at radius 3 is 2.26 bits per heavy atom. The molecule has 0 spiro atoms. The van der Waals surface area contributed by atoms with E-state index >= 15 is 0 Å². The van der Waals surface area contributed by atoms with Gasteiger partial charge in [-0.2, -0.15) is 4.52 Å². The summed E-state index contributed by atoms with van der Waals surface area (Å²) in [6.45, 7) is 1.89. The summed E-state index contributed by atoms with van der Waals surface area (Å²) in [6.07, 6.45) is 0. The van der Waals surface area contributed by atoms with E-state index in [-0.39, 0.29) is 15.6 Å². The van der Waals surface area contributed by atoms with Crippen molar-refractivity contribution >= 4 is 37.9 Å². The summed E-state index contributed by atoms with van der Waals surface area (Å²) < 4.78 is 38.9. The van der Waals surface area contributed by atoms with Gasteiger partial charge in [0.15, 0.2) is 5.65 Å². The fourth-order valence-electron chi connectivity index (χ4n) is 3.66. The molecule has 0 saturated heterocycles. The number of benzene rings is 3. The maximum atomic E-state index is 13.4. The minimum Gasteiger partial charge on any atom is -0.497 e. The number of nitrogens with one attached hydrogen (secondary N) is 1. The number of methoxy groups -OCH3 is 2. The Hall–Kier alpha value is -4.18. The number of sulfone groups is 1. The van der Waals surface area contributed by atoms with Gasteiger partial charge in [0.25, 0.3) is 0 Å². The van der Waals surface area contributed by atoms with E-state index in [1.807, 2.05) is 31.2 Å². The molecule has 0 fully saturated rings. The summed E-state index contributed by atoms with van der Waals surface area (Å²) in [5.74, 6) is 1.64. The molecule has 34 heavy (non-hydrogen) atoms. The van der Waals surface area contributed by atoms with Crippen molar-refractivity contribution in [2.75, 3.05) is 19.5 Å². The van der Waals surface area contributed by atoms with Gasteiger partial charge in [-0.1, -0.05) is 35.0 Å². The van der Waals surface area contributed by atoms with Crippen molar-refractivity contribution < 1.29 is 17.9 Å². The van der Waals surface area contributed by atoms with E-state index in [1.54, 1.807) is 56.7 Å². The summed E-state index contributed by atoms with van der Waals surface area (Å²) in [6, 6.07) is 19.3. The maximum Gasteiger partial charge on any atom is 0.229 e. The highest BCUT2D eigenvalue weighted by atomic mass is 32.2. The molecule has 0 aliphatic heterocycles. The lowest BCUT2D eigenvalue weighted by Gasteiger charge is -2.13. The second-order valence-corrected chi connectivity index (χ2v) is 9.52. The number of para-hydroxylation sites is 1. The highest BCUT2D eigenvalue weighted by Gasteiger charge is 2.27. The van der Waals surface area contributed by atoms with E-state index in [2.05, 4.69) is 20.6 Å². The van der Waals surface area contributed by atoms with Crippen LogP contribution in [0.25, 0.3) is 16.6 Å². The van der Waals surface area contributed by atoms with Crippen LogP contribution in [0.15, 0.2) is 76.7 Å². The van der Waals surface area contributed by atoms with E-state index in [0.29, 0.717) is 28.5 Å². The first-order valence-corrected chi connectivity index (χ1v) is 11.8. The molecule has 0 bridgehead atoms. The highest BCUT2D eigenvalue weighted by molar-refractivity contribution is 7.91. The topological polar surface area (TPSA) is 108 Å². The fourth-order valence-corrected chi connectivity index (χ4v) is 4.89. The number of hydrogen-bond acceptors (Lipinski definition) is 8. The predicted octanol–water partition coefficient (Wildman–Crippen LogP) is 4.18. The van der Waals surface area contributed by atoms with E-state index < -0.39 is 9.84 Å². The Balaban J connectivity index is 1.71. The molecule has 2 heterocycles. The summed E-state index contributed by atoms with van der Waals surface area (Å²) in [5, 5.41) is 11.9. The number of hydrogen-bond donors (Lipinski definition) is 1. The van der Waals surface area contributed by atoms with E-state index in [9.17, 15) is 8.42 Å². The minimum absolute atomic E-state index is 0.122. The van der Waals surface area contributed by atoms with Crippen molar-refractivity contribution in [1.29, 1.82) is 0 Å². The standard InChI is InChI=1S/C24H21N5O4S/c1-15-8-10-19(11-9-15)34(30,31)24-23-26-22(20-6-4-5-7-21(20)29(23)28-27-24)25-16-12-17(32-2)14-18(13-16)33-3/h4-14H,1-3H3,(H,25,26). The zero-order valence-electron chi connectivity index (χ0n) is 18.7. The molecule has 1 N–H and O–H groups in total. The molecule has 0 radical (unpaired) electrons. The number of rotatable bonds is 6. The van der Waals surface area contributed by atoms with Gasteiger partial charge in [-0.05, 0) is 31.2 Å². The summed E-state index contributed by atoms with van der Waals surface area (Å²) >= 11 is 0. The zero-order chi connectivity index (χ0) is 23.9. The third kappa shape index (κ3) is 3.67. The second kappa shape index (κ2) is 8.31. The van der Waals surface area contributed by atoms with Crippen molar-refractivity contribution in [1.82, 2.24) is 19.8 Å². The van der Waals surface area contributed by atoms with Crippen LogP contribution in [0.4, 0.5) is 11.5 Å². The third-order valence-electron chi connectivity index (χ3n) is 5.42. The largest absolute Gasteiger partial charge is 0.497 e. The number of anilines is 2. The molecule has 0 aliphatic carbocycles. The lowest BCUT2D eigenvalue weighted by atomic mass is 10.2. The first-order valence-electron chi connectivity index (χ1n) is 10.4. The normalized spacial score (nSPS) is 11.6. The van der Waals surface area contributed by atoms with E-state index in [0.717, 1.165) is 10.9 Å². The van der Waals surface area contributed by atoms with Crippen molar-refractivity contribution in [3.8, 4) is 11.5 Å². The Bertz CT molecular complexity index is 1610. The van der Waals surface area contributed by atoms with Crippen molar-refractivity contribution in [2.45, 2.75) is 16.8 Å². The Labute approximate surface area is 195 Å². The molecule has 0 aliphatic rings. The van der Waals surface area contributed by atoms with Gasteiger partial charge in [0.2, 0.25) is 14.9 Å². The summed E-state index contributed by atoms with van der Waals surface area (Å²) in [7, 11) is -0.808. The molecule has 0 atom stereocenters. The molecule has 10 heteroatoms. The van der Waals surface area contributed by atoms with Gasteiger partial charge in [-0.25, -0.2) is 13.4 Å². The van der Waals surface area contributed by atoms with Gasteiger partial charge in [-0.15, -0.1) is 5.10 Å². The van der Waals surface area contributed by atoms with Crippen LogP contribution in [0.2, 0.25) is 0 Å². The van der Waals surface area contributed by atoms with Crippen molar-refractivity contribution in [2.24, 2.45) is 0 Å². The number of aromatic nitrogens is 4. The predicted molar refractivity (Wildman–Crippen MR) is 128 cm³/mol. The van der Waals surface area contributed by atoms with Crippen LogP contribution in [-0.2, 0) is 9.84 Å². The van der Waals surface area contributed by atoms with Gasteiger partial charge in [-0.3, -0.25) is 0 Å². The molecule has 3 aromatic carbocycles. The average Bonchev–Trinajstić information content (AvgIpc) is 3.29. The molecule has 5 aromatic rings. The van der Waals surface area contributed by atoms with E-state index in [1.165, 1.54) is 4.52 Å². The van der Waals surface area contributed by atoms with Crippen LogP contribution in [0.3, 0.4) is 0 Å². The van der Waals surface area contributed by atoms with E-state index in [4.69, 9.17) is 9.47 Å². The first-order chi connectivity index (χ1) is 16.4. The molecular formula is C24H21N5O4S. The van der Waals surface area contributed by atoms with Crippen LogP contribution in [-0.4, -0.2) is 42.4 Å². The van der Waals surface area contributed by atoms with Gasteiger partial charge in [0.1, 0.15) is 17.3 Å².